The largest absolute Gasteiger partial charge is 0.316 e. The quantitative estimate of drug-likeness (QED) is 0.754. The van der Waals surface area contributed by atoms with E-state index in [1.54, 1.807) is 0 Å². The molecule has 0 aliphatic heterocycles. The van der Waals surface area contributed by atoms with Crippen molar-refractivity contribution in [2.45, 2.75) is 11.4 Å². The smallest absolute Gasteiger partial charge is 0.268 e. The maximum Gasteiger partial charge on any atom is 0.268 e. The van der Waals surface area contributed by atoms with Crippen LogP contribution in [0.25, 0.3) is 11.3 Å². The third-order valence-corrected chi connectivity index (χ3v) is 5.33. The van der Waals surface area contributed by atoms with E-state index >= 15 is 0 Å². The van der Waals surface area contributed by atoms with E-state index in [4.69, 9.17) is 4.11 Å². The van der Waals surface area contributed by atoms with E-state index in [1.807, 2.05) is 0 Å². The summed E-state index contributed by atoms with van der Waals surface area (Å²) in [5.74, 6) is -1.06. The Labute approximate surface area is 149 Å². The first-order valence-electron chi connectivity index (χ1n) is 8.80. The number of benzene rings is 2. The summed E-state index contributed by atoms with van der Waals surface area (Å²) < 4.78 is 75.2. The van der Waals surface area contributed by atoms with Crippen molar-refractivity contribution in [2.24, 2.45) is 0 Å². The van der Waals surface area contributed by atoms with Crippen molar-refractivity contribution in [3.8, 4) is 11.3 Å². The minimum Gasteiger partial charge on any atom is -0.316 e. The number of rotatable bonds is 5. The second-order valence-corrected chi connectivity index (χ2v) is 7.16. The van der Waals surface area contributed by atoms with Crippen LogP contribution < -0.4 is 5.32 Å². The summed E-state index contributed by atoms with van der Waals surface area (Å²) in [5.41, 5.74) is 1.06. The van der Waals surface area contributed by atoms with Gasteiger partial charge in [0.25, 0.3) is 10.0 Å². The van der Waals surface area contributed by atoms with Crippen LogP contribution >= 0.6 is 0 Å². The fraction of sp³-hybridized carbons (Fsp3) is 0.111. The number of aromatic nitrogens is 1. The first-order valence-corrected chi connectivity index (χ1v) is 8.74. The number of hydrogen-bond donors (Lipinski definition) is 1. The average molecular weight is 365 g/mol. The van der Waals surface area contributed by atoms with Crippen molar-refractivity contribution < 1.29 is 21.3 Å². The Morgan fingerprint density at radius 1 is 1.04 bits per heavy atom. The van der Waals surface area contributed by atoms with Crippen molar-refractivity contribution >= 4 is 10.0 Å². The minimum atomic E-state index is -4.09. The van der Waals surface area contributed by atoms with Crippen LogP contribution in [0.2, 0.25) is 0 Å². The topological polar surface area (TPSA) is 51.1 Å². The minimum absolute atomic E-state index is 0.101. The van der Waals surface area contributed by atoms with E-state index in [1.165, 1.54) is 36.5 Å². The first kappa shape index (κ1) is 13.7. The van der Waals surface area contributed by atoms with E-state index in [-0.39, 0.29) is 17.1 Å². The predicted molar refractivity (Wildman–Crippen MR) is 91.6 cm³/mol. The van der Waals surface area contributed by atoms with Crippen molar-refractivity contribution in [1.82, 2.24) is 9.29 Å². The maximum absolute atomic E-state index is 13.3. The van der Waals surface area contributed by atoms with E-state index < -0.39 is 28.6 Å². The molecule has 7 heteroatoms. The molecule has 2 aromatic carbocycles. The lowest BCUT2D eigenvalue weighted by molar-refractivity contribution is 0.587. The van der Waals surface area contributed by atoms with Gasteiger partial charge in [0.05, 0.1) is 10.6 Å². The number of hydrogen-bond acceptors (Lipinski definition) is 3. The SMILES string of the molecule is [2H]C([2H])([2H])NCc1cc(-c2ccc(F)cc2)n(S(=O)(=O)c2ccc(F)cc2)c1. The zero-order valence-electron chi connectivity index (χ0n) is 15.9. The second kappa shape index (κ2) is 6.78. The maximum atomic E-state index is 13.3. The number of halogens is 2. The molecule has 0 saturated carbocycles. The molecule has 0 bridgehead atoms. The van der Waals surface area contributed by atoms with Gasteiger partial charge in [0.1, 0.15) is 11.6 Å². The highest BCUT2D eigenvalue weighted by molar-refractivity contribution is 7.90. The highest BCUT2D eigenvalue weighted by atomic mass is 32.2. The van der Waals surface area contributed by atoms with E-state index in [9.17, 15) is 17.2 Å². The van der Waals surface area contributed by atoms with Gasteiger partial charge in [-0.05, 0) is 72.7 Å². The number of nitrogens with zero attached hydrogens (tertiary/aromatic N) is 1. The fourth-order valence-corrected chi connectivity index (χ4v) is 3.84. The number of nitrogens with one attached hydrogen (secondary N) is 1. The van der Waals surface area contributed by atoms with Gasteiger partial charge in [-0.25, -0.2) is 21.2 Å². The molecule has 0 amide bonds. The summed E-state index contributed by atoms with van der Waals surface area (Å²) in [4.78, 5) is -0.136. The highest BCUT2D eigenvalue weighted by Crippen LogP contribution is 2.27. The summed E-state index contributed by atoms with van der Waals surface area (Å²) in [7, 11) is -4.09. The monoisotopic (exact) mass is 365 g/mol. The van der Waals surface area contributed by atoms with E-state index in [2.05, 4.69) is 5.32 Å². The standard InChI is InChI=1S/C18H16F2N2O2S/c1-21-11-13-10-18(14-2-4-15(19)5-3-14)22(12-13)25(23,24)17-8-6-16(20)7-9-17/h2-10,12,21H,11H2,1H3/i1D3. The van der Waals surface area contributed by atoms with Crippen LogP contribution in [0.15, 0.2) is 65.7 Å². The Hall–Kier alpha value is -2.51. The van der Waals surface area contributed by atoms with Gasteiger partial charge in [-0.1, -0.05) is 0 Å². The molecular formula is C18H16F2N2O2S. The van der Waals surface area contributed by atoms with E-state index in [0.29, 0.717) is 11.1 Å². The molecular weight excluding hydrogens is 346 g/mol. The lowest BCUT2D eigenvalue weighted by Crippen LogP contribution is -2.13. The Bertz CT molecular complexity index is 1080. The van der Waals surface area contributed by atoms with Crippen LogP contribution in [0.5, 0.6) is 0 Å². The van der Waals surface area contributed by atoms with Crippen molar-refractivity contribution in [3.05, 3.63) is 78.0 Å². The van der Waals surface area contributed by atoms with Gasteiger partial charge < -0.3 is 5.32 Å². The molecule has 25 heavy (non-hydrogen) atoms. The summed E-state index contributed by atoms with van der Waals surface area (Å²) in [6.07, 6.45) is 1.29. The normalized spacial score (nSPS) is 13.9. The van der Waals surface area contributed by atoms with Crippen LogP contribution in [0.1, 0.15) is 9.68 Å². The third kappa shape index (κ3) is 3.47. The second-order valence-electron chi connectivity index (χ2n) is 5.35. The third-order valence-electron chi connectivity index (χ3n) is 3.65. The van der Waals surface area contributed by atoms with Crippen molar-refractivity contribution in [3.63, 3.8) is 0 Å². The summed E-state index contributed by atoms with van der Waals surface area (Å²) >= 11 is 0. The molecule has 0 unspecified atom stereocenters. The Morgan fingerprint density at radius 3 is 2.24 bits per heavy atom. The molecule has 1 heterocycles. The average Bonchev–Trinajstić information content (AvgIpc) is 3.06. The van der Waals surface area contributed by atoms with Gasteiger partial charge in [0.2, 0.25) is 0 Å². The zero-order valence-corrected chi connectivity index (χ0v) is 13.7. The van der Waals surface area contributed by atoms with Crippen LogP contribution in [-0.4, -0.2) is 19.4 Å². The highest BCUT2D eigenvalue weighted by Gasteiger charge is 2.22. The van der Waals surface area contributed by atoms with Gasteiger partial charge in [0.15, 0.2) is 0 Å². The molecule has 3 rings (SSSR count). The summed E-state index contributed by atoms with van der Waals surface area (Å²) in [6, 6.07) is 11.1. The van der Waals surface area contributed by atoms with Crippen molar-refractivity contribution in [1.29, 1.82) is 0 Å². The molecule has 0 saturated heterocycles. The lowest BCUT2D eigenvalue weighted by atomic mass is 10.1. The van der Waals surface area contributed by atoms with Gasteiger partial charge in [-0.15, -0.1) is 0 Å². The van der Waals surface area contributed by atoms with E-state index in [0.717, 1.165) is 28.2 Å². The molecule has 1 aromatic heterocycles. The Kier molecular flexibility index (Phi) is 3.73. The first-order chi connectivity index (χ1) is 13.1. The molecule has 0 atom stereocenters. The van der Waals surface area contributed by atoms with Gasteiger partial charge >= 0.3 is 0 Å². The van der Waals surface area contributed by atoms with Crippen molar-refractivity contribution in [2.75, 3.05) is 6.98 Å². The Balaban J connectivity index is 2.10. The summed E-state index contributed by atoms with van der Waals surface area (Å²) in [6.45, 7) is -2.50. The molecule has 0 fully saturated rings. The lowest BCUT2D eigenvalue weighted by Gasteiger charge is -2.10. The van der Waals surface area contributed by atoms with Crippen LogP contribution in [0.3, 0.4) is 0 Å². The van der Waals surface area contributed by atoms with Crippen LogP contribution in [0.4, 0.5) is 8.78 Å². The predicted octanol–water partition coefficient (Wildman–Crippen LogP) is 3.39. The molecule has 0 radical (unpaired) electrons. The molecule has 1 N–H and O–H groups in total. The fourth-order valence-electron chi connectivity index (χ4n) is 2.45. The molecule has 0 spiro atoms. The van der Waals surface area contributed by atoms with Gasteiger partial charge in [-0.3, -0.25) is 0 Å². The Morgan fingerprint density at radius 2 is 1.64 bits per heavy atom. The molecule has 3 aromatic rings. The zero-order chi connectivity index (χ0) is 20.5. The molecule has 4 nitrogen and oxygen atoms in total. The molecule has 0 aliphatic rings. The summed E-state index contributed by atoms with van der Waals surface area (Å²) in [5, 5.41) is 2.32. The molecule has 0 aliphatic carbocycles. The molecule has 130 valence electrons. The van der Waals surface area contributed by atoms with Crippen LogP contribution in [-0.2, 0) is 16.6 Å². The van der Waals surface area contributed by atoms with Crippen LogP contribution in [0, 0.1) is 11.6 Å². The van der Waals surface area contributed by atoms with Gasteiger partial charge in [-0.2, -0.15) is 0 Å². The van der Waals surface area contributed by atoms with Gasteiger partial charge in [0, 0.05) is 16.9 Å².